The fourth-order valence-corrected chi connectivity index (χ4v) is 1.75. The summed E-state index contributed by atoms with van der Waals surface area (Å²) in [5.41, 5.74) is 1.07. The molecule has 0 aliphatic rings. The van der Waals surface area contributed by atoms with Crippen LogP contribution in [0.5, 0.6) is 5.88 Å². The second kappa shape index (κ2) is 5.35. The lowest BCUT2D eigenvalue weighted by Gasteiger charge is -2.14. The number of rotatable bonds is 4. The van der Waals surface area contributed by atoms with Crippen molar-refractivity contribution in [2.24, 2.45) is 0 Å². The third-order valence-electron chi connectivity index (χ3n) is 2.00. The van der Waals surface area contributed by atoms with Gasteiger partial charge in [-0.05, 0) is 42.3 Å². The second-order valence-electron chi connectivity index (χ2n) is 3.49. The number of hydrogen-bond donors (Lipinski definition) is 0. The molecular weight excluding hydrogens is 242 g/mol. The van der Waals surface area contributed by atoms with E-state index in [0.29, 0.717) is 0 Å². The van der Waals surface area contributed by atoms with Crippen LogP contribution in [0.15, 0.2) is 16.7 Å². The van der Waals surface area contributed by atoms with Crippen LogP contribution in [0, 0.1) is 6.92 Å². The van der Waals surface area contributed by atoms with E-state index < -0.39 is 0 Å². The highest BCUT2D eigenvalue weighted by atomic mass is 79.9. The molecule has 0 fully saturated rings. The first-order chi connectivity index (χ1) is 6.63. The Balaban J connectivity index is 2.67. The fourth-order valence-electron chi connectivity index (χ4n) is 1.31. The molecule has 1 heterocycles. The van der Waals surface area contributed by atoms with Gasteiger partial charge >= 0.3 is 0 Å². The monoisotopic (exact) mass is 257 g/mol. The van der Waals surface area contributed by atoms with Gasteiger partial charge < -0.3 is 4.74 Å². The molecule has 0 spiro atoms. The second-order valence-corrected chi connectivity index (χ2v) is 4.41. The van der Waals surface area contributed by atoms with Crippen molar-refractivity contribution in [2.45, 2.75) is 39.7 Å². The lowest BCUT2D eigenvalue weighted by molar-refractivity contribution is 0.200. The molecule has 1 aromatic heterocycles. The highest BCUT2D eigenvalue weighted by molar-refractivity contribution is 9.10. The maximum absolute atomic E-state index is 5.71. The summed E-state index contributed by atoms with van der Waals surface area (Å²) in [6.07, 6.45) is 4.21. The number of halogens is 1. The van der Waals surface area contributed by atoms with Crippen molar-refractivity contribution in [3.8, 4) is 5.88 Å². The average Bonchev–Trinajstić information content (AvgIpc) is 2.10. The molecule has 0 amide bonds. The van der Waals surface area contributed by atoms with Crippen molar-refractivity contribution in [1.29, 1.82) is 0 Å². The molecule has 0 aliphatic heterocycles. The van der Waals surface area contributed by atoms with E-state index >= 15 is 0 Å². The van der Waals surface area contributed by atoms with Crippen LogP contribution in [0.1, 0.15) is 32.3 Å². The summed E-state index contributed by atoms with van der Waals surface area (Å²) in [4.78, 5) is 4.23. The Labute approximate surface area is 93.8 Å². The van der Waals surface area contributed by atoms with Crippen LogP contribution in [0.25, 0.3) is 0 Å². The summed E-state index contributed by atoms with van der Waals surface area (Å²) in [6, 6.07) is 2.01. The fraction of sp³-hybridized carbons (Fsp3) is 0.545. The van der Waals surface area contributed by atoms with E-state index in [-0.39, 0.29) is 6.10 Å². The molecule has 1 aromatic rings. The van der Waals surface area contributed by atoms with Crippen LogP contribution < -0.4 is 4.74 Å². The van der Waals surface area contributed by atoms with Crippen molar-refractivity contribution in [2.75, 3.05) is 0 Å². The SMILES string of the molecule is CCCC(C)Oc1ncc(Br)cc1C. The molecule has 1 atom stereocenters. The molecular formula is C11H16BrNO. The molecule has 3 heteroatoms. The molecule has 0 saturated heterocycles. The maximum Gasteiger partial charge on any atom is 0.216 e. The smallest absolute Gasteiger partial charge is 0.216 e. The van der Waals surface area contributed by atoms with Crippen molar-refractivity contribution in [3.05, 3.63) is 22.3 Å². The Kier molecular flexibility index (Phi) is 4.39. The Morgan fingerprint density at radius 3 is 2.86 bits per heavy atom. The van der Waals surface area contributed by atoms with E-state index in [1.54, 1.807) is 6.20 Å². The standard InChI is InChI=1S/C11H16BrNO/c1-4-5-9(3)14-11-8(2)6-10(12)7-13-11/h6-7,9H,4-5H2,1-3H3. The maximum atomic E-state index is 5.71. The minimum Gasteiger partial charge on any atom is -0.474 e. The number of aryl methyl sites for hydroxylation is 1. The van der Waals surface area contributed by atoms with Gasteiger partial charge in [0.25, 0.3) is 0 Å². The normalized spacial score (nSPS) is 12.6. The number of aromatic nitrogens is 1. The average molecular weight is 258 g/mol. The van der Waals surface area contributed by atoms with Gasteiger partial charge in [0.05, 0.1) is 6.10 Å². The molecule has 0 bridgehead atoms. The number of nitrogens with zero attached hydrogens (tertiary/aromatic N) is 1. The minimum absolute atomic E-state index is 0.243. The van der Waals surface area contributed by atoms with Gasteiger partial charge in [-0.25, -0.2) is 4.98 Å². The van der Waals surface area contributed by atoms with Crippen molar-refractivity contribution in [1.82, 2.24) is 4.98 Å². The molecule has 0 radical (unpaired) electrons. The van der Waals surface area contributed by atoms with Gasteiger partial charge in [0.1, 0.15) is 0 Å². The Hall–Kier alpha value is -0.570. The van der Waals surface area contributed by atoms with Gasteiger partial charge in [-0.3, -0.25) is 0 Å². The van der Waals surface area contributed by atoms with E-state index in [2.05, 4.69) is 34.8 Å². The highest BCUT2D eigenvalue weighted by Gasteiger charge is 2.06. The Morgan fingerprint density at radius 2 is 2.29 bits per heavy atom. The van der Waals surface area contributed by atoms with E-state index in [1.165, 1.54) is 0 Å². The highest BCUT2D eigenvalue weighted by Crippen LogP contribution is 2.20. The van der Waals surface area contributed by atoms with Crippen molar-refractivity contribution in [3.63, 3.8) is 0 Å². The molecule has 0 N–H and O–H groups in total. The van der Waals surface area contributed by atoms with E-state index in [4.69, 9.17) is 4.74 Å². The van der Waals surface area contributed by atoms with Gasteiger partial charge in [-0.15, -0.1) is 0 Å². The minimum atomic E-state index is 0.243. The van der Waals surface area contributed by atoms with Gasteiger partial charge in [-0.1, -0.05) is 13.3 Å². The molecule has 0 saturated carbocycles. The summed E-state index contributed by atoms with van der Waals surface area (Å²) in [5, 5.41) is 0. The van der Waals surface area contributed by atoms with Crippen LogP contribution in [0.2, 0.25) is 0 Å². The predicted molar refractivity (Wildman–Crippen MR) is 61.7 cm³/mol. The lowest BCUT2D eigenvalue weighted by Crippen LogP contribution is -2.12. The summed E-state index contributed by atoms with van der Waals surface area (Å²) >= 11 is 3.38. The summed E-state index contributed by atoms with van der Waals surface area (Å²) in [7, 11) is 0. The van der Waals surface area contributed by atoms with E-state index in [0.717, 1.165) is 28.8 Å². The third kappa shape index (κ3) is 3.29. The first-order valence-corrected chi connectivity index (χ1v) is 5.71. The van der Waals surface area contributed by atoms with Crippen molar-refractivity contribution >= 4 is 15.9 Å². The molecule has 2 nitrogen and oxygen atoms in total. The zero-order chi connectivity index (χ0) is 10.6. The van der Waals surface area contributed by atoms with E-state index in [1.807, 2.05) is 13.0 Å². The van der Waals surface area contributed by atoms with Crippen molar-refractivity contribution < 1.29 is 4.74 Å². The van der Waals surface area contributed by atoms with Crippen LogP contribution in [0.4, 0.5) is 0 Å². The third-order valence-corrected chi connectivity index (χ3v) is 2.44. The molecule has 78 valence electrons. The Bertz CT molecular complexity index is 301. The number of ether oxygens (including phenoxy) is 1. The van der Waals surface area contributed by atoms with Gasteiger partial charge in [0.2, 0.25) is 5.88 Å². The predicted octanol–water partition coefficient (Wildman–Crippen LogP) is 3.72. The molecule has 14 heavy (non-hydrogen) atoms. The first kappa shape index (κ1) is 11.5. The van der Waals surface area contributed by atoms with Gasteiger partial charge in [-0.2, -0.15) is 0 Å². The summed E-state index contributed by atoms with van der Waals surface area (Å²) < 4.78 is 6.70. The molecule has 1 rings (SSSR count). The van der Waals surface area contributed by atoms with Crippen LogP contribution in [0.3, 0.4) is 0 Å². The Morgan fingerprint density at radius 1 is 1.57 bits per heavy atom. The molecule has 0 aliphatic carbocycles. The van der Waals surface area contributed by atoms with Gasteiger partial charge in [0, 0.05) is 16.2 Å². The topological polar surface area (TPSA) is 22.1 Å². The van der Waals surface area contributed by atoms with E-state index in [9.17, 15) is 0 Å². The summed E-state index contributed by atoms with van der Waals surface area (Å²) in [5.74, 6) is 0.745. The largest absolute Gasteiger partial charge is 0.474 e. The molecule has 0 aromatic carbocycles. The van der Waals surface area contributed by atoms with Crippen LogP contribution in [-0.4, -0.2) is 11.1 Å². The lowest BCUT2D eigenvalue weighted by atomic mass is 10.2. The van der Waals surface area contributed by atoms with Crippen LogP contribution in [-0.2, 0) is 0 Å². The van der Waals surface area contributed by atoms with Crippen LogP contribution >= 0.6 is 15.9 Å². The number of pyridine rings is 1. The zero-order valence-electron chi connectivity index (χ0n) is 8.88. The first-order valence-electron chi connectivity index (χ1n) is 4.92. The quantitative estimate of drug-likeness (QED) is 0.821. The number of hydrogen-bond acceptors (Lipinski definition) is 2. The molecule has 1 unspecified atom stereocenters. The summed E-state index contributed by atoms with van der Waals surface area (Å²) in [6.45, 7) is 6.24. The van der Waals surface area contributed by atoms with Gasteiger partial charge in [0.15, 0.2) is 0 Å². The zero-order valence-corrected chi connectivity index (χ0v) is 10.5.